The van der Waals surface area contributed by atoms with Gasteiger partial charge in [0.15, 0.2) is 12.3 Å². The minimum atomic E-state index is -1.02. The number of primary amides is 1. The van der Waals surface area contributed by atoms with Crippen LogP contribution in [0.5, 0.6) is 0 Å². The number of thiophene rings is 1. The number of nitrogens with one attached hydrogen (secondary N) is 1. The maximum absolute atomic E-state index is 12.4. The molecule has 3 N–H and O–H groups in total. The quantitative estimate of drug-likeness (QED) is 0.376. The van der Waals surface area contributed by atoms with Gasteiger partial charge in [-0.15, -0.1) is 11.3 Å². The summed E-state index contributed by atoms with van der Waals surface area (Å²) in [6.45, 7) is 0.842. The molecule has 0 aliphatic rings. The second kappa shape index (κ2) is 11.4. The van der Waals surface area contributed by atoms with E-state index in [4.69, 9.17) is 54.7 Å². The van der Waals surface area contributed by atoms with Gasteiger partial charge in [-0.25, -0.2) is 14.6 Å². The summed E-state index contributed by atoms with van der Waals surface area (Å²) in [4.78, 5) is 52.3. The first kappa shape index (κ1) is 25.8. The molecule has 0 saturated heterocycles. The molecule has 32 heavy (non-hydrogen) atoms. The van der Waals surface area contributed by atoms with Crippen molar-refractivity contribution in [2.24, 2.45) is 5.73 Å². The Hall–Kier alpha value is -2.44. The number of ether oxygens (including phenoxy) is 3. The molecule has 0 aromatic carbocycles. The number of aromatic nitrogens is 1. The topological polar surface area (TPSA) is 147 Å². The third-order valence-corrected chi connectivity index (χ3v) is 6.26. The number of rotatable bonds is 9. The lowest BCUT2D eigenvalue weighted by Crippen LogP contribution is -2.22. The zero-order valence-corrected chi connectivity index (χ0v) is 19.7. The van der Waals surface area contributed by atoms with Gasteiger partial charge in [0.2, 0.25) is 0 Å². The summed E-state index contributed by atoms with van der Waals surface area (Å²) in [5.41, 5.74) is 5.19. The number of nitrogens with zero attached hydrogens (tertiary/aromatic N) is 1. The summed E-state index contributed by atoms with van der Waals surface area (Å²) in [6, 6.07) is 0. The van der Waals surface area contributed by atoms with Crippen molar-refractivity contribution in [1.29, 1.82) is 0 Å². The molecule has 0 aliphatic carbocycles. The maximum atomic E-state index is 12.4. The molecule has 2 rings (SSSR count). The van der Waals surface area contributed by atoms with E-state index in [0.717, 1.165) is 17.5 Å². The molecule has 0 unspecified atom stereocenters. The highest BCUT2D eigenvalue weighted by molar-refractivity contribution is 7.18. The normalized spacial score (nSPS) is 10.5. The summed E-state index contributed by atoms with van der Waals surface area (Å²) < 4.78 is 14.8. The lowest BCUT2D eigenvalue weighted by atomic mass is 10.1. The van der Waals surface area contributed by atoms with Gasteiger partial charge in [-0.3, -0.25) is 9.59 Å². The largest absolute Gasteiger partial charge is 0.460 e. The molecule has 2 heterocycles. The van der Waals surface area contributed by atoms with Gasteiger partial charge in [-0.2, -0.15) is 0 Å². The number of nitrogens with two attached hydrogens (primary N) is 1. The fourth-order valence-electron chi connectivity index (χ4n) is 2.32. The molecule has 0 bridgehead atoms. The van der Waals surface area contributed by atoms with Crippen molar-refractivity contribution in [1.82, 2.24) is 4.98 Å². The third-order valence-electron chi connectivity index (χ3n) is 3.79. The molecule has 0 aliphatic heterocycles. The first-order chi connectivity index (χ1) is 15.1. The lowest BCUT2D eigenvalue weighted by Gasteiger charge is -2.09. The molecule has 14 heteroatoms. The van der Waals surface area contributed by atoms with Gasteiger partial charge in [0, 0.05) is 13.3 Å². The fraction of sp³-hybridized carbons (Fsp3) is 0.278. The molecule has 0 fully saturated rings. The van der Waals surface area contributed by atoms with Crippen LogP contribution < -0.4 is 11.1 Å². The van der Waals surface area contributed by atoms with Crippen LogP contribution in [-0.2, 0) is 19.0 Å². The van der Waals surface area contributed by atoms with Crippen molar-refractivity contribution in [2.75, 3.05) is 32.2 Å². The number of amides is 2. The highest BCUT2D eigenvalue weighted by Crippen LogP contribution is 2.34. The Bertz CT molecular complexity index is 1070. The fourth-order valence-corrected chi connectivity index (χ4v) is 3.94. The number of anilines is 1. The van der Waals surface area contributed by atoms with Crippen LogP contribution in [0, 0.1) is 6.92 Å². The SMILES string of the molecule is COCCOC(=O)c1c(NC(=O)COC(=O)c2ncc(Cl)c(Cl)c2Cl)sc(C(N)=O)c1C. The predicted molar refractivity (Wildman–Crippen MR) is 118 cm³/mol. The number of esters is 2. The van der Waals surface area contributed by atoms with Crippen LogP contribution in [0.25, 0.3) is 0 Å². The Balaban J connectivity index is 2.14. The number of hydrogen-bond acceptors (Lipinski definition) is 9. The number of carbonyl (C=O) groups excluding carboxylic acids is 4. The number of hydrogen-bond donors (Lipinski definition) is 2. The van der Waals surface area contributed by atoms with Gasteiger partial charge in [-0.05, 0) is 12.5 Å². The van der Waals surface area contributed by atoms with Crippen LogP contribution in [0.4, 0.5) is 5.00 Å². The summed E-state index contributed by atoms with van der Waals surface area (Å²) in [7, 11) is 1.43. The van der Waals surface area contributed by atoms with Crippen LogP contribution in [0.1, 0.15) is 36.1 Å². The standard InChI is InChI=1S/C18H16Cl3N3O7S/c1-7-10(17(27)30-4-3-29-2)16(32-14(7)15(22)26)24-9(25)6-31-18(28)13-12(21)11(20)8(19)5-23-13/h5H,3-4,6H2,1-2H3,(H2,22,26)(H,24,25). The molecule has 10 nitrogen and oxygen atoms in total. The highest BCUT2D eigenvalue weighted by atomic mass is 35.5. The first-order valence-corrected chi connectivity index (χ1v) is 10.6. The number of halogens is 3. The Kier molecular flexibility index (Phi) is 9.22. The second-order valence-corrected chi connectivity index (χ2v) is 8.14. The first-order valence-electron chi connectivity index (χ1n) is 8.64. The van der Waals surface area contributed by atoms with E-state index in [1.54, 1.807) is 0 Å². The molecule has 0 saturated carbocycles. The van der Waals surface area contributed by atoms with Crippen LogP contribution in [0.15, 0.2) is 6.20 Å². The van der Waals surface area contributed by atoms with Crippen molar-refractivity contribution >= 4 is 74.9 Å². The van der Waals surface area contributed by atoms with Crippen LogP contribution >= 0.6 is 46.1 Å². The van der Waals surface area contributed by atoms with Crippen molar-refractivity contribution in [2.45, 2.75) is 6.92 Å². The zero-order valence-electron chi connectivity index (χ0n) is 16.6. The Labute approximate surface area is 200 Å². The molecular formula is C18H16Cl3N3O7S. The molecule has 0 spiro atoms. The van der Waals surface area contributed by atoms with E-state index in [0.29, 0.717) is 0 Å². The third kappa shape index (κ3) is 6.08. The van der Waals surface area contributed by atoms with Gasteiger partial charge in [0.05, 0.1) is 32.1 Å². The van der Waals surface area contributed by atoms with E-state index < -0.39 is 30.4 Å². The van der Waals surface area contributed by atoms with Gasteiger partial charge in [0.1, 0.15) is 11.6 Å². The van der Waals surface area contributed by atoms with Crippen LogP contribution in [0.2, 0.25) is 15.1 Å². The van der Waals surface area contributed by atoms with Crippen molar-refractivity contribution in [3.05, 3.63) is 43.0 Å². The van der Waals surface area contributed by atoms with E-state index in [2.05, 4.69) is 10.3 Å². The van der Waals surface area contributed by atoms with E-state index in [1.165, 1.54) is 14.0 Å². The Morgan fingerprint density at radius 3 is 2.41 bits per heavy atom. The van der Waals surface area contributed by atoms with Gasteiger partial charge in [-0.1, -0.05) is 34.8 Å². The van der Waals surface area contributed by atoms with Gasteiger partial charge in [0.25, 0.3) is 11.8 Å². The number of methoxy groups -OCH3 is 1. The minimum Gasteiger partial charge on any atom is -0.460 e. The van der Waals surface area contributed by atoms with E-state index in [-0.39, 0.29) is 55.0 Å². The molecule has 0 atom stereocenters. The molecular weight excluding hydrogens is 509 g/mol. The summed E-state index contributed by atoms with van der Waals surface area (Å²) in [5, 5.41) is 2.12. The molecule has 2 aromatic heterocycles. The Morgan fingerprint density at radius 1 is 1.09 bits per heavy atom. The molecule has 172 valence electrons. The smallest absolute Gasteiger partial charge is 0.359 e. The average Bonchev–Trinajstić information content (AvgIpc) is 3.06. The zero-order chi connectivity index (χ0) is 24.0. The van der Waals surface area contributed by atoms with Crippen LogP contribution in [0.3, 0.4) is 0 Å². The predicted octanol–water partition coefficient (Wildman–Crippen LogP) is 3.11. The molecule has 0 radical (unpaired) electrons. The Morgan fingerprint density at radius 2 is 1.78 bits per heavy atom. The van der Waals surface area contributed by atoms with Crippen LogP contribution in [-0.4, -0.2) is 55.7 Å². The van der Waals surface area contributed by atoms with Crippen molar-refractivity contribution in [3.63, 3.8) is 0 Å². The van der Waals surface area contributed by atoms with E-state index in [9.17, 15) is 19.2 Å². The highest BCUT2D eigenvalue weighted by Gasteiger charge is 2.26. The van der Waals surface area contributed by atoms with Gasteiger partial charge < -0.3 is 25.3 Å². The van der Waals surface area contributed by atoms with Gasteiger partial charge >= 0.3 is 11.9 Å². The number of carbonyl (C=O) groups is 4. The monoisotopic (exact) mass is 523 g/mol. The van der Waals surface area contributed by atoms with E-state index in [1.807, 2.05) is 0 Å². The lowest BCUT2D eigenvalue weighted by molar-refractivity contribution is -0.119. The van der Waals surface area contributed by atoms with Crippen molar-refractivity contribution in [3.8, 4) is 0 Å². The second-order valence-electron chi connectivity index (χ2n) is 5.96. The maximum Gasteiger partial charge on any atom is 0.359 e. The molecule has 2 aromatic rings. The summed E-state index contributed by atoms with van der Waals surface area (Å²) in [5.74, 6) is -3.41. The summed E-state index contributed by atoms with van der Waals surface area (Å²) in [6.07, 6.45) is 1.10. The minimum absolute atomic E-state index is 0.00506. The average molecular weight is 525 g/mol. The summed E-state index contributed by atoms with van der Waals surface area (Å²) >= 11 is 18.3. The number of pyridine rings is 1. The molecule has 2 amide bonds. The van der Waals surface area contributed by atoms with Crippen molar-refractivity contribution < 1.29 is 33.4 Å². The van der Waals surface area contributed by atoms with E-state index >= 15 is 0 Å².